The number of benzene rings is 2. The van der Waals surface area contributed by atoms with Crippen LogP contribution in [0.25, 0.3) is 5.69 Å². The first-order chi connectivity index (χ1) is 12.0. The third-order valence-electron chi connectivity index (χ3n) is 3.60. The van der Waals surface area contributed by atoms with Crippen molar-refractivity contribution in [3.8, 4) is 5.69 Å². The van der Waals surface area contributed by atoms with Crippen LogP contribution in [0.1, 0.15) is 11.3 Å². The molecule has 1 heterocycles. The molecule has 1 N–H and O–H groups in total. The molecule has 0 aliphatic heterocycles. The number of nitrogens with one attached hydrogen (secondary N) is 1. The zero-order valence-corrected chi connectivity index (χ0v) is 13.1. The number of hydrogen-bond donors (Lipinski definition) is 1. The summed E-state index contributed by atoms with van der Waals surface area (Å²) in [6.45, 7) is 1.69. The number of nitro benzene ring substituents is 1. The largest absolute Gasteiger partial charge is 0.295 e. The van der Waals surface area contributed by atoms with Crippen LogP contribution in [0.2, 0.25) is 0 Å². The summed E-state index contributed by atoms with van der Waals surface area (Å²) < 4.78 is 15.1. The predicted molar refractivity (Wildman–Crippen MR) is 91.4 cm³/mol. The lowest BCUT2D eigenvalue weighted by Gasteiger charge is -1.99. The Labute approximate surface area is 141 Å². The maximum Gasteiger partial charge on any atom is 0.280 e. The van der Waals surface area contributed by atoms with Gasteiger partial charge in [-0.1, -0.05) is 18.2 Å². The zero-order valence-electron chi connectivity index (χ0n) is 13.1. The Morgan fingerprint density at radius 2 is 1.96 bits per heavy atom. The fourth-order valence-electron chi connectivity index (χ4n) is 2.32. The number of halogens is 1. The number of aliphatic imine (C=N–C) groups is 1. The average molecular weight is 340 g/mol. The highest BCUT2D eigenvalue weighted by Gasteiger charge is 2.12. The standard InChI is InChI=1S/C17H13FN4O3/c1-11-14(17(23)21(20-11)12-5-3-2-4-6-12)10-19-16-9-13(22(24)25)7-8-15(16)18/h2-10,20H,1H3. The van der Waals surface area contributed by atoms with Gasteiger partial charge in [0.15, 0.2) is 0 Å². The molecule has 0 unspecified atom stereocenters. The average Bonchev–Trinajstić information content (AvgIpc) is 2.89. The number of H-pyrrole nitrogens is 1. The fourth-order valence-corrected chi connectivity index (χ4v) is 2.32. The summed E-state index contributed by atoms with van der Waals surface area (Å²) in [5.74, 6) is -0.710. The van der Waals surface area contributed by atoms with Gasteiger partial charge < -0.3 is 0 Å². The highest BCUT2D eigenvalue weighted by Crippen LogP contribution is 2.23. The lowest BCUT2D eigenvalue weighted by Crippen LogP contribution is -2.17. The maximum absolute atomic E-state index is 13.8. The summed E-state index contributed by atoms with van der Waals surface area (Å²) in [6, 6.07) is 12.0. The van der Waals surface area contributed by atoms with Gasteiger partial charge in [-0.2, -0.15) is 0 Å². The molecule has 0 fully saturated rings. The van der Waals surface area contributed by atoms with E-state index in [1.165, 1.54) is 10.9 Å². The molecule has 2 aromatic carbocycles. The molecule has 126 valence electrons. The Kier molecular flexibility index (Phi) is 4.25. The Hall–Kier alpha value is -3.55. The number of nitro groups is 1. The first-order valence-corrected chi connectivity index (χ1v) is 7.32. The van der Waals surface area contributed by atoms with E-state index in [1.54, 1.807) is 31.2 Å². The highest BCUT2D eigenvalue weighted by molar-refractivity contribution is 5.83. The number of hydrogen-bond acceptors (Lipinski definition) is 4. The lowest BCUT2D eigenvalue weighted by molar-refractivity contribution is -0.384. The molecule has 1 aromatic heterocycles. The summed E-state index contributed by atoms with van der Waals surface area (Å²) >= 11 is 0. The molecule has 0 spiro atoms. The SMILES string of the molecule is Cc1[nH]n(-c2ccccc2)c(=O)c1C=Nc1cc([N+](=O)[O-])ccc1F. The first kappa shape index (κ1) is 16.3. The summed E-state index contributed by atoms with van der Waals surface area (Å²) in [6.07, 6.45) is 1.20. The monoisotopic (exact) mass is 340 g/mol. The number of rotatable bonds is 4. The molecule has 0 atom stereocenters. The molecule has 0 radical (unpaired) electrons. The molecule has 0 amide bonds. The number of aryl methyl sites for hydroxylation is 1. The van der Waals surface area contributed by atoms with Crippen LogP contribution in [0.4, 0.5) is 15.8 Å². The minimum absolute atomic E-state index is 0.208. The van der Waals surface area contributed by atoms with Gasteiger partial charge in [-0.05, 0) is 25.1 Å². The molecule has 0 aliphatic rings. The van der Waals surface area contributed by atoms with E-state index < -0.39 is 10.7 Å². The zero-order chi connectivity index (χ0) is 18.0. The van der Waals surface area contributed by atoms with Crippen molar-refractivity contribution in [2.45, 2.75) is 6.92 Å². The molecule has 3 aromatic rings. The van der Waals surface area contributed by atoms with Gasteiger partial charge in [0.25, 0.3) is 11.2 Å². The molecular formula is C17H13FN4O3. The van der Waals surface area contributed by atoms with Crippen LogP contribution in [-0.4, -0.2) is 20.9 Å². The van der Waals surface area contributed by atoms with Crippen LogP contribution >= 0.6 is 0 Å². The molecule has 0 saturated carbocycles. The van der Waals surface area contributed by atoms with Gasteiger partial charge in [0.2, 0.25) is 0 Å². The van der Waals surface area contributed by atoms with Crippen LogP contribution in [0, 0.1) is 22.9 Å². The minimum atomic E-state index is -0.710. The van der Waals surface area contributed by atoms with Crippen LogP contribution in [0.5, 0.6) is 0 Å². The molecule has 8 heteroatoms. The molecule has 0 saturated heterocycles. The number of non-ortho nitro benzene ring substituents is 1. The third kappa shape index (κ3) is 3.23. The Morgan fingerprint density at radius 3 is 2.64 bits per heavy atom. The van der Waals surface area contributed by atoms with Crippen molar-refractivity contribution in [2.24, 2.45) is 4.99 Å². The van der Waals surface area contributed by atoms with Crippen LogP contribution in [0.15, 0.2) is 58.3 Å². The van der Waals surface area contributed by atoms with Gasteiger partial charge in [-0.3, -0.25) is 25.0 Å². The maximum atomic E-state index is 13.8. The van der Waals surface area contributed by atoms with Crippen molar-refractivity contribution in [2.75, 3.05) is 0 Å². The van der Waals surface area contributed by atoms with Gasteiger partial charge in [0, 0.05) is 24.0 Å². The summed E-state index contributed by atoms with van der Waals surface area (Å²) in [4.78, 5) is 26.6. The highest BCUT2D eigenvalue weighted by atomic mass is 19.1. The van der Waals surface area contributed by atoms with E-state index in [0.717, 1.165) is 18.2 Å². The Morgan fingerprint density at radius 1 is 1.24 bits per heavy atom. The molecule has 3 rings (SSSR count). The minimum Gasteiger partial charge on any atom is -0.295 e. The second kappa shape index (κ2) is 6.52. The van der Waals surface area contributed by atoms with Gasteiger partial charge in [0.05, 0.1) is 16.2 Å². The normalized spacial score (nSPS) is 11.1. The third-order valence-corrected chi connectivity index (χ3v) is 3.60. The van der Waals surface area contributed by atoms with E-state index in [1.807, 2.05) is 6.07 Å². The topological polar surface area (TPSA) is 93.3 Å². The van der Waals surface area contributed by atoms with Gasteiger partial charge in [0.1, 0.15) is 11.5 Å². The van der Waals surface area contributed by atoms with Crippen molar-refractivity contribution in [3.05, 3.63) is 86.1 Å². The van der Waals surface area contributed by atoms with E-state index in [0.29, 0.717) is 11.4 Å². The van der Waals surface area contributed by atoms with Crippen molar-refractivity contribution in [3.63, 3.8) is 0 Å². The number of nitrogens with zero attached hydrogens (tertiary/aromatic N) is 3. The second-order valence-corrected chi connectivity index (χ2v) is 5.28. The van der Waals surface area contributed by atoms with Crippen molar-refractivity contribution in [1.82, 2.24) is 9.78 Å². The van der Waals surface area contributed by atoms with Crippen LogP contribution < -0.4 is 5.56 Å². The molecule has 0 bridgehead atoms. The molecule has 7 nitrogen and oxygen atoms in total. The van der Waals surface area contributed by atoms with E-state index >= 15 is 0 Å². The summed E-state index contributed by atoms with van der Waals surface area (Å²) in [7, 11) is 0. The molecule has 0 aliphatic carbocycles. The lowest BCUT2D eigenvalue weighted by atomic mass is 10.2. The Balaban J connectivity index is 2.01. The summed E-state index contributed by atoms with van der Waals surface area (Å²) in [5, 5.41) is 13.7. The number of para-hydroxylation sites is 1. The number of aromatic nitrogens is 2. The Bertz CT molecular complexity index is 1020. The van der Waals surface area contributed by atoms with Crippen molar-refractivity contribution in [1.29, 1.82) is 0 Å². The quantitative estimate of drug-likeness (QED) is 0.449. The molecule has 25 heavy (non-hydrogen) atoms. The second-order valence-electron chi connectivity index (χ2n) is 5.28. The predicted octanol–water partition coefficient (Wildman–Crippen LogP) is 3.27. The van der Waals surface area contributed by atoms with Crippen molar-refractivity contribution >= 4 is 17.6 Å². The van der Waals surface area contributed by atoms with Crippen molar-refractivity contribution < 1.29 is 9.31 Å². The van der Waals surface area contributed by atoms with Crippen LogP contribution in [-0.2, 0) is 0 Å². The van der Waals surface area contributed by atoms with E-state index in [2.05, 4.69) is 10.1 Å². The van der Waals surface area contributed by atoms with E-state index in [9.17, 15) is 19.3 Å². The molecular weight excluding hydrogens is 327 g/mol. The fraction of sp³-hybridized carbons (Fsp3) is 0.0588. The van der Waals surface area contributed by atoms with Gasteiger partial charge in [-0.25, -0.2) is 9.07 Å². The van der Waals surface area contributed by atoms with Crippen LogP contribution in [0.3, 0.4) is 0 Å². The van der Waals surface area contributed by atoms with Gasteiger partial charge in [-0.15, -0.1) is 0 Å². The first-order valence-electron chi connectivity index (χ1n) is 7.32. The number of aromatic amines is 1. The van der Waals surface area contributed by atoms with E-state index in [-0.39, 0.29) is 22.5 Å². The summed E-state index contributed by atoms with van der Waals surface area (Å²) in [5.41, 5.74) is 0.606. The van der Waals surface area contributed by atoms with E-state index in [4.69, 9.17) is 0 Å². The van der Waals surface area contributed by atoms with Gasteiger partial charge >= 0.3 is 0 Å². The smallest absolute Gasteiger partial charge is 0.280 e.